The van der Waals surface area contributed by atoms with Gasteiger partial charge < -0.3 is 4.74 Å². The zero-order valence-electron chi connectivity index (χ0n) is 4.48. The number of esters is 1. The van der Waals surface area contributed by atoms with Crippen molar-refractivity contribution >= 4 is 21.9 Å². The van der Waals surface area contributed by atoms with Crippen molar-refractivity contribution in [1.82, 2.24) is 0 Å². The van der Waals surface area contributed by atoms with E-state index in [4.69, 9.17) is 0 Å². The first-order valence-corrected chi connectivity index (χ1v) is 2.96. The number of ether oxygens (including phenoxy) is 1. The Kier molecular flexibility index (Phi) is 4.65. The minimum Gasteiger partial charge on any atom is -0.463 e. The quantitative estimate of drug-likeness (QED) is 0.470. The molecule has 0 rings (SSSR count). The van der Waals surface area contributed by atoms with Gasteiger partial charge in [0.15, 0.2) is 0 Å². The lowest BCUT2D eigenvalue weighted by atomic mass is 10.6. The molecule has 0 fully saturated rings. The summed E-state index contributed by atoms with van der Waals surface area (Å²) in [6.45, 7) is 2.16. The molecule has 0 unspecified atom stereocenters. The van der Waals surface area contributed by atoms with Crippen molar-refractivity contribution in [3.63, 3.8) is 0 Å². The van der Waals surface area contributed by atoms with Gasteiger partial charge in [-0.2, -0.15) is 0 Å². The van der Waals surface area contributed by atoms with Crippen LogP contribution in [-0.2, 0) is 9.53 Å². The predicted octanol–water partition coefficient (Wildman–Crippen LogP) is 1.26. The molecule has 0 aromatic rings. The van der Waals surface area contributed by atoms with Gasteiger partial charge in [-0.3, -0.25) is 0 Å². The molecule has 0 aliphatic heterocycles. The lowest BCUT2D eigenvalue weighted by Gasteiger charge is -1.91. The topological polar surface area (TPSA) is 26.3 Å². The molecule has 1 radical (unpaired) electrons. The lowest BCUT2D eigenvalue weighted by Crippen LogP contribution is -1.97. The van der Waals surface area contributed by atoms with Gasteiger partial charge in [0.05, 0.1) is 6.61 Å². The molecule has 0 aromatic heterocycles. The Balaban J connectivity index is 3.33. The van der Waals surface area contributed by atoms with E-state index in [2.05, 4.69) is 25.7 Å². The van der Waals surface area contributed by atoms with Crippen LogP contribution in [0.15, 0.2) is 6.08 Å². The average Bonchev–Trinajstić information content (AvgIpc) is 1.68. The molecule has 8 heavy (non-hydrogen) atoms. The van der Waals surface area contributed by atoms with Gasteiger partial charge in [-0.1, -0.05) is 0 Å². The summed E-state index contributed by atoms with van der Waals surface area (Å²) in [6.07, 6.45) is 1.18. The maximum absolute atomic E-state index is 10.3. The van der Waals surface area contributed by atoms with E-state index in [0.717, 1.165) is 0 Å². The van der Waals surface area contributed by atoms with Crippen LogP contribution in [0.25, 0.3) is 0 Å². The molecule has 0 atom stereocenters. The second kappa shape index (κ2) is 4.84. The Bertz CT molecular complexity index is 98.6. The summed E-state index contributed by atoms with van der Waals surface area (Å²) in [7, 11) is 0. The zero-order chi connectivity index (χ0) is 6.41. The van der Waals surface area contributed by atoms with Crippen LogP contribution >= 0.6 is 15.9 Å². The van der Waals surface area contributed by atoms with Gasteiger partial charge in [0.1, 0.15) is 0 Å². The molecule has 0 aromatic carbocycles. The van der Waals surface area contributed by atoms with Gasteiger partial charge >= 0.3 is 5.97 Å². The van der Waals surface area contributed by atoms with Crippen LogP contribution in [-0.4, -0.2) is 12.6 Å². The molecule has 0 N–H and O–H groups in total. The molecule has 45 valence electrons. The SMILES string of the molecule is CCOC(=O)C=[C]Br. The molecule has 0 heterocycles. The molecule has 0 saturated carbocycles. The average molecular weight is 178 g/mol. The number of hydrogen-bond acceptors (Lipinski definition) is 2. The van der Waals surface area contributed by atoms with E-state index in [1.807, 2.05) is 0 Å². The fourth-order valence-electron chi connectivity index (χ4n) is 0.228. The number of carbonyl (C=O) groups is 1. The van der Waals surface area contributed by atoms with Crippen LogP contribution in [0, 0.1) is 4.99 Å². The van der Waals surface area contributed by atoms with Crippen LogP contribution in [0.5, 0.6) is 0 Å². The highest BCUT2D eigenvalue weighted by Gasteiger charge is 1.89. The minimum atomic E-state index is -0.371. The minimum absolute atomic E-state index is 0.371. The van der Waals surface area contributed by atoms with Crippen LogP contribution in [0.3, 0.4) is 0 Å². The van der Waals surface area contributed by atoms with Gasteiger partial charge in [-0.15, -0.1) is 0 Å². The molecule has 0 amide bonds. The molecule has 0 aliphatic rings. The Morgan fingerprint density at radius 3 is 3.00 bits per heavy atom. The van der Waals surface area contributed by atoms with Crippen LogP contribution in [0.4, 0.5) is 0 Å². The molecule has 0 bridgehead atoms. The van der Waals surface area contributed by atoms with E-state index in [9.17, 15) is 4.79 Å². The third-order valence-corrected chi connectivity index (χ3v) is 0.688. The first kappa shape index (κ1) is 7.69. The second-order valence-electron chi connectivity index (χ2n) is 1.01. The summed E-state index contributed by atoms with van der Waals surface area (Å²) in [6, 6.07) is 0. The van der Waals surface area contributed by atoms with Crippen molar-refractivity contribution in [2.24, 2.45) is 0 Å². The molecule has 2 nitrogen and oxygen atoms in total. The largest absolute Gasteiger partial charge is 0.463 e. The van der Waals surface area contributed by atoms with Crippen molar-refractivity contribution in [3.8, 4) is 0 Å². The standard InChI is InChI=1S/C5H6BrO2/c1-2-8-5(7)3-4-6/h3H,2H2,1H3. The Labute approximate surface area is 56.7 Å². The van der Waals surface area contributed by atoms with Crippen LogP contribution in [0.1, 0.15) is 6.92 Å². The van der Waals surface area contributed by atoms with E-state index >= 15 is 0 Å². The van der Waals surface area contributed by atoms with E-state index < -0.39 is 0 Å². The fraction of sp³-hybridized carbons (Fsp3) is 0.400. The van der Waals surface area contributed by atoms with Crippen molar-refractivity contribution < 1.29 is 9.53 Å². The maximum Gasteiger partial charge on any atom is 0.331 e. The highest BCUT2D eigenvalue weighted by Crippen LogP contribution is 1.83. The Hall–Kier alpha value is -0.310. The number of carbonyl (C=O) groups excluding carboxylic acids is 1. The first-order chi connectivity index (χ1) is 3.81. The highest BCUT2D eigenvalue weighted by atomic mass is 79.9. The van der Waals surface area contributed by atoms with Gasteiger partial charge in [0.25, 0.3) is 0 Å². The number of rotatable bonds is 2. The van der Waals surface area contributed by atoms with Gasteiger partial charge in [-0.05, 0) is 22.9 Å². The number of hydrogen-bond donors (Lipinski definition) is 0. The third kappa shape index (κ3) is 3.87. The number of halogens is 1. The van der Waals surface area contributed by atoms with E-state index in [0.29, 0.717) is 6.61 Å². The van der Waals surface area contributed by atoms with Crippen LogP contribution in [0.2, 0.25) is 0 Å². The molecular formula is C5H6BrO2. The van der Waals surface area contributed by atoms with Crippen LogP contribution < -0.4 is 0 Å². The summed E-state index contributed by atoms with van der Waals surface area (Å²) in [5.41, 5.74) is 0. The molecule has 0 aliphatic carbocycles. The van der Waals surface area contributed by atoms with Crippen molar-refractivity contribution in [2.45, 2.75) is 6.92 Å². The van der Waals surface area contributed by atoms with E-state index in [-0.39, 0.29) is 5.97 Å². The maximum atomic E-state index is 10.3. The molecule has 0 spiro atoms. The van der Waals surface area contributed by atoms with Crippen molar-refractivity contribution in [1.29, 1.82) is 0 Å². The van der Waals surface area contributed by atoms with Gasteiger partial charge in [0.2, 0.25) is 0 Å². The summed E-state index contributed by atoms with van der Waals surface area (Å²) in [5.74, 6) is -0.371. The molecule has 3 heteroatoms. The lowest BCUT2D eigenvalue weighted by molar-refractivity contribution is -0.137. The van der Waals surface area contributed by atoms with Gasteiger partial charge in [0, 0.05) is 11.1 Å². The molecular weight excluding hydrogens is 172 g/mol. The monoisotopic (exact) mass is 177 g/mol. The van der Waals surface area contributed by atoms with Crippen molar-refractivity contribution in [2.75, 3.05) is 6.61 Å². The summed E-state index contributed by atoms with van der Waals surface area (Å²) >= 11 is 2.81. The third-order valence-electron chi connectivity index (χ3n) is 0.459. The smallest absolute Gasteiger partial charge is 0.331 e. The van der Waals surface area contributed by atoms with E-state index in [1.54, 1.807) is 6.92 Å². The summed E-state index contributed by atoms with van der Waals surface area (Å²) in [5, 5.41) is 0. The Morgan fingerprint density at radius 1 is 2.00 bits per heavy atom. The summed E-state index contributed by atoms with van der Waals surface area (Å²) in [4.78, 5) is 12.6. The van der Waals surface area contributed by atoms with Crippen molar-refractivity contribution in [3.05, 3.63) is 11.1 Å². The predicted molar refractivity (Wildman–Crippen MR) is 33.4 cm³/mol. The highest BCUT2D eigenvalue weighted by molar-refractivity contribution is 9.10. The van der Waals surface area contributed by atoms with Gasteiger partial charge in [-0.25, -0.2) is 4.79 Å². The van der Waals surface area contributed by atoms with E-state index in [1.165, 1.54) is 6.08 Å². The first-order valence-electron chi connectivity index (χ1n) is 2.17. The summed E-state index contributed by atoms with van der Waals surface area (Å²) < 4.78 is 4.50. The molecule has 0 saturated heterocycles. The normalized spacial score (nSPS) is 9.75. The zero-order valence-corrected chi connectivity index (χ0v) is 6.06. The second-order valence-corrected chi connectivity index (χ2v) is 1.46. The Morgan fingerprint density at radius 2 is 2.62 bits per heavy atom. The fourth-order valence-corrected chi connectivity index (χ4v) is 0.415.